The topological polar surface area (TPSA) is 57.4 Å². The van der Waals surface area contributed by atoms with Gasteiger partial charge in [-0.05, 0) is 65.7 Å². The maximum atomic E-state index is 10.5. The van der Waals surface area contributed by atoms with Crippen LogP contribution in [0.4, 0.5) is 0 Å². The van der Waals surface area contributed by atoms with Crippen LogP contribution in [0.5, 0.6) is 0 Å². The van der Waals surface area contributed by atoms with Crippen molar-refractivity contribution in [3.8, 4) is 45.8 Å². The first-order chi connectivity index (χ1) is 23.8. The molecule has 0 atom stereocenters. The smallest absolute Gasteiger partial charge is 0.0998 e. The highest BCUT2D eigenvalue weighted by atomic mass is 15.0. The summed E-state index contributed by atoms with van der Waals surface area (Å²) in [6.45, 7) is 0. The Bertz CT molecular complexity index is 2690. The zero-order valence-electron chi connectivity index (χ0n) is 25.8. The highest BCUT2D eigenvalue weighted by molar-refractivity contribution is 6.11. The van der Waals surface area contributed by atoms with Gasteiger partial charge in [0.2, 0.25) is 0 Å². The maximum absolute atomic E-state index is 10.5. The minimum atomic E-state index is 0.549. The number of rotatable bonds is 4. The van der Waals surface area contributed by atoms with E-state index >= 15 is 0 Å². The fourth-order valence-corrected chi connectivity index (χ4v) is 7.43. The van der Waals surface area contributed by atoms with Crippen LogP contribution in [-0.4, -0.2) is 9.13 Å². The second kappa shape index (κ2) is 10.9. The van der Waals surface area contributed by atoms with Crippen LogP contribution in [-0.2, 0) is 0 Å². The van der Waals surface area contributed by atoms with E-state index < -0.39 is 0 Å². The zero-order valence-corrected chi connectivity index (χ0v) is 25.8. The Morgan fingerprint density at radius 3 is 1.31 bits per heavy atom. The summed E-state index contributed by atoms with van der Waals surface area (Å²) in [5, 5.41) is 25.6. The van der Waals surface area contributed by atoms with Crippen LogP contribution in [0.15, 0.2) is 158 Å². The third-order valence-electron chi connectivity index (χ3n) is 9.43. The van der Waals surface area contributed by atoms with Crippen molar-refractivity contribution in [2.75, 3.05) is 0 Å². The van der Waals surface area contributed by atoms with Gasteiger partial charge in [-0.1, -0.05) is 103 Å². The number of hydrogen-bond acceptors (Lipinski definition) is 2. The Labute approximate surface area is 277 Å². The molecule has 48 heavy (non-hydrogen) atoms. The Hall–Kier alpha value is -6.88. The normalized spacial score (nSPS) is 11.3. The lowest BCUT2D eigenvalue weighted by atomic mass is 9.88. The van der Waals surface area contributed by atoms with Gasteiger partial charge >= 0.3 is 0 Å². The van der Waals surface area contributed by atoms with Gasteiger partial charge in [-0.3, -0.25) is 0 Å². The molecule has 0 aliphatic carbocycles. The Morgan fingerprint density at radius 1 is 0.375 bits per heavy atom. The highest BCUT2D eigenvalue weighted by Crippen LogP contribution is 2.43. The molecule has 2 heterocycles. The molecule has 0 saturated heterocycles. The molecule has 0 fully saturated rings. The minimum Gasteiger partial charge on any atom is -0.309 e. The van der Waals surface area contributed by atoms with E-state index in [2.05, 4.69) is 137 Å². The van der Waals surface area contributed by atoms with E-state index in [0.29, 0.717) is 11.1 Å². The second-order valence-electron chi connectivity index (χ2n) is 11.9. The molecule has 0 aliphatic heterocycles. The molecule has 7 aromatic carbocycles. The van der Waals surface area contributed by atoms with E-state index in [0.717, 1.165) is 66.5 Å². The van der Waals surface area contributed by atoms with Gasteiger partial charge in [0.1, 0.15) is 0 Å². The quantitative estimate of drug-likeness (QED) is 0.199. The summed E-state index contributed by atoms with van der Waals surface area (Å²) >= 11 is 0. The monoisotopic (exact) mass is 610 g/mol. The zero-order chi connectivity index (χ0) is 32.2. The van der Waals surface area contributed by atoms with Gasteiger partial charge in [-0.25, -0.2) is 0 Å². The van der Waals surface area contributed by atoms with E-state index in [9.17, 15) is 10.5 Å². The number of hydrogen-bond donors (Lipinski definition) is 0. The number of para-hydroxylation sites is 4. The summed E-state index contributed by atoms with van der Waals surface area (Å²) in [6.07, 6.45) is 0. The summed E-state index contributed by atoms with van der Waals surface area (Å²) < 4.78 is 4.53. The van der Waals surface area contributed by atoms with Crippen LogP contribution in [0, 0.1) is 22.7 Å². The van der Waals surface area contributed by atoms with Crippen LogP contribution in [0.2, 0.25) is 0 Å². The van der Waals surface area contributed by atoms with Crippen LogP contribution in [0.25, 0.3) is 77.2 Å². The fourth-order valence-electron chi connectivity index (χ4n) is 7.43. The Kier molecular flexibility index (Phi) is 6.22. The fraction of sp³-hybridized carbons (Fsp3) is 0. The average Bonchev–Trinajstić information content (AvgIpc) is 3.67. The number of nitriles is 2. The van der Waals surface area contributed by atoms with E-state index in [4.69, 9.17) is 0 Å². The predicted molar refractivity (Wildman–Crippen MR) is 195 cm³/mol. The lowest BCUT2D eigenvalue weighted by Crippen LogP contribution is -2.01. The van der Waals surface area contributed by atoms with Crippen molar-refractivity contribution in [1.29, 1.82) is 10.5 Å². The van der Waals surface area contributed by atoms with Crippen molar-refractivity contribution < 1.29 is 0 Å². The second-order valence-corrected chi connectivity index (χ2v) is 11.9. The number of benzene rings is 7. The summed E-state index contributed by atoms with van der Waals surface area (Å²) in [4.78, 5) is 0. The minimum absolute atomic E-state index is 0.549. The molecule has 0 bridgehead atoms. The Balaban J connectivity index is 1.28. The summed E-state index contributed by atoms with van der Waals surface area (Å²) in [5.41, 5.74) is 10.8. The number of nitrogens with zero attached hydrogens (tertiary/aromatic N) is 4. The first kappa shape index (κ1) is 27.4. The van der Waals surface area contributed by atoms with Gasteiger partial charge in [0, 0.05) is 38.4 Å². The third-order valence-corrected chi connectivity index (χ3v) is 9.43. The number of aromatic nitrogens is 2. The van der Waals surface area contributed by atoms with Crippen molar-refractivity contribution in [1.82, 2.24) is 9.13 Å². The third kappa shape index (κ3) is 4.01. The Morgan fingerprint density at radius 2 is 0.812 bits per heavy atom. The molecule has 4 nitrogen and oxygen atoms in total. The first-order valence-electron chi connectivity index (χ1n) is 15.9. The molecule has 2 aromatic heterocycles. The molecular weight excluding hydrogens is 585 g/mol. The highest BCUT2D eigenvalue weighted by Gasteiger charge is 2.22. The standard InChI is InChI=1S/C44H26N4/c45-27-30-11-9-17-37(43(30)29-23-25-32(26-24-29)47-38-18-5-1-13-33(38)34-14-2-6-19-39(34)47)44-31(28-46)12-10-22-42(44)48-40-20-7-3-15-35(40)36-16-4-8-21-41(36)48/h1-26H. The molecule has 0 unspecified atom stereocenters. The molecule has 0 aliphatic rings. The summed E-state index contributed by atoms with van der Waals surface area (Å²) in [5.74, 6) is 0. The lowest BCUT2D eigenvalue weighted by molar-refractivity contribution is 1.18. The van der Waals surface area contributed by atoms with Crippen molar-refractivity contribution in [2.24, 2.45) is 0 Å². The molecule has 0 amide bonds. The van der Waals surface area contributed by atoms with Crippen molar-refractivity contribution in [2.45, 2.75) is 0 Å². The van der Waals surface area contributed by atoms with E-state index in [-0.39, 0.29) is 0 Å². The summed E-state index contributed by atoms with van der Waals surface area (Å²) in [7, 11) is 0. The van der Waals surface area contributed by atoms with E-state index in [1.165, 1.54) is 10.8 Å². The molecule has 0 N–H and O–H groups in total. The van der Waals surface area contributed by atoms with Crippen LogP contribution in [0.3, 0.4) is 0 Å². The van der Waals surface area contributed by atoms with Crippen LogP contribution < -0.4 is 0 Å². The number of fused-ring (bicyclic) bond motifs is 6. The molecule has 0 spiro atoms. The van der Waals surface area contributed by atoms with E-state index in [1.54, 1.807) is 0 Å². The van der Waals surface area contributed by atoms with Crippen LogP contribution in [0.1, 0.15) is 11.1 Å². The molecule has 9 aromatic rings. The molecule has 0 saturated carbocycles. The van der Waals surface area contributed by atoms with Gasteiger partial charge in [-0.15, -0.1) is 0 Å². The molecule has 4 heteroatoms. The molecule has 0 radical (unpaired) electrons. The largest absolute Gasteiger partial charge is 0.309 e. The first-order valence-corrected chi connectivity index (χ1v) is 15.9. The average molecular weight is 611 g/mol. The molecule has 222 valence electrons. The van der Waals surface area contributed by atoms with Crippen molar-refractivity contribution in [3.63, 3.8) is 0 Å². The van der Waals surface area contributed by atoms with Gasteiger partial charge in [0.05, 0.1) is 51.0 Å². The van der Waals surface area contributed by atoms with Crippen molar-refractivity contribution >= 4 is 43.6 Å². The lowest BCUT2D eigenvalue weighted by Gasteiger charge is -2.19. The summed E-state index contributed by atoms with van der Waals surface area (Å²) in [6, 6.07) is 58.7. The predicted octanol–water partition coefficient (Wildman–Crippen LogP) is 11.0. The molecule has 9 rings (SSSR count). The van der Waals surface area contributed by atoms with Gasteiger partial charge in [0.15, 0.2) is 0 Å². The maximum Gasteiger partial charge on any atom is 0.0998 e. The van der Waals surface area contributed by atoms with Gasteiger partial charge < -0.3 is 9.13 Å². The van der Waals surface area contributed by atoms with Gasteiger partial charge in [-0.2, -0.15) is 10.5 Å². The van der Waals surface area contributed by atoms with Crippen molar-refractivity contribution in [3.05, 3.63) is 169 Å². The van der Waals surface area contributed by atoms with E-state index in [1.807, 2.05) is 42.5 Å². The SMILES string of the molecule is N#Cc1cccc(-c2c(C#N)cccc2-n2c3ccccc3c3ccccc32)c1-c1ccc(-n2c3ccccc3c3ccccc32)cc1. The molecular formula is C44H26N4. The van der Waals surface area contributed by atoms with Crippen LogP contribution >= 0.6 is 0 Å². The van der Waals surface area contributed by atoms with Gasteiger partial charge in [0.25, 0.3) is 0 Å².